The number of para-hydroxylation sites is 1. The largest absolute Gasteiger partial charge is 0.350 e. The molecule has 0 unspecified atom stereocenters. The molecule has 0 bridgehead atoms. The summed E-state index contributed by atoms with van der Waals surface area (Å²) in [6.45, 7) is 0.384. The lowest BCUT2D eigenvalue weighted by molar-refractivity contribution is -0.121. The summed E-state index contributed by atoms with van der Waals surface area (Å²) < 4.78 is 1.79. The molecular formula is C23H21N5O2S. The number of pyridine rings is 1. The van der Waals surface area contributed by atoms with E-state index in [4.69, 9.17) is 4.98 Å². The number of fused-ring (bicyclic) bond motifs is 1. The van der Waals surface area contributed by atoms with Crippen LogP contribution < -0.4 is 10.9 Å². The molecule has 1 aromatic carbocycles. The van der Waals surface area contributed by atoms with Crippen molar-refractivity contribution < 1.29 is 4.79 Å². The number of aromatic nitrogens is 4. The number of nitrogens with one attached hydrogen (secondary N) is 1. The number of hydrogen-bond acceptors (Lipinski definition) is 6. The molecule has 0 spiro atoms. The van der Waals surface area contributed by atoms with Gasteiger partial charge in [0.05, 0.1) is 23.1 Å². The average molecular weight is 432 g/mol. The van der Waals surface area contributed by atoms with E-state index in [1.54, 1.807) is 17.0 Å². The van der Waals surface area contributed by atoms with E-state index in [-0.39, 0.29) is 23.9 Å². The van der Waals surface area contributed by atoms with Gasteiger partial charge in [-0.25, -0.2) is 9.97 Å². The molecule has 1 aliphatic carbocycles. The highest BCUT2D eigenvalue weighted by atomic mass is 32.1. The van der Waals surface area contributed by atoms with Gasteiger partial charge in [-0.2, -0.15) is 0 Å². The Labute approximate surface area is 182 Å². The van der Waals surface area contributed by atoms with Crippen LogP contribution in [0.4, 0.5) is 0 Å². The van der Waals surface area contributed by atoms with Gasteiger partial charge >= 0.3 is 0 Å². The number of hydrogen-bond donors (Lipinski definition) is 1. The van der Waals surface area contributed by atoms with Gasteiger partial charge in [0.25, 0.3) is 5.56 Å². The predicted octanol–water partition coefficient (Wildman–Crippen LogP) is 3.50. The Bertz CT molecular complexity index is 1290. The van der Waals surface area contributed by atoms with Gasteiger partial charge in [0.15, 0.2) is 0 Å². The van der Waals surface area contributed by atoms with Crippen molar-refractivity contribution in [3.63, 3.8) is 0 Å². The Hall–Kier alpha value is -3.39. The Morgan fingerprint density at radius 2 is 1.94 bits per heavy atom. The summed E-state index contributed by atoms with van der Waals surface area (Å²) in [6.07, 6.45) is 6.16. The summed E-state index contributed by atoms with van der Waals surface area (Å²) in [5.74, 6) is 0.612. The summed E-state index contributed by atoms with van der Waals surface area (Å²) in [7, 11) is 0. The summed E-state index contributed by atoms with van der Waals surface area (Å²) in [5, 5.41) is 6.39. The third kappa shape index (κ3) is 4.25. The molecule has 8 heteroatoms. The van der Waals surface area contributed by atoms with Crippen molar-refractivity contribution >= 4 is 28.1 Å². The van der Waals surface area contributed by atoms with Gasteiger partial charge < -0.3 is 5.32 Å². The van der Waals surface area contributed by atoms with Crippen LogP contribution >= 0.6 is 11.3 Å². The molecule has 1 aliphatic rings. The Morgan fingerprint density at radius 3 is 2.74 bits per heavy atom. The van der Waals surface area contributed by atoms with Crippen LogP contribution in [0.2, 0.25) is 0 Å². The van der Waals surface area contributed by atoms with Crippen LogP contribution in [0, 0.1) is 0 Å². The average Bonchev–Trinajstić information content (AvgIpc) is 3.52. The minimum Gasteiger partial charge on any atom is -0.350 e. The van der Waals surface area contributed by atoms with Crippen LogP contribution in [0.5, 0.6) is 0 Å². The molecule has 3 aromatic heterocycles. The molecule has 3 heterocycles. The monoisotopic (exact) mass is 431 g/mol. The van der Waals surface area contributed by atoms with E-state index in [1.165, 1.54) is 11.3 Å². The lowest BCUT2D eigenvalue weighted by Gasteiger charge is -2.12. The summed E-state index contributed by atoms with van der Waals surface area (Å²) >= 11 is 1.51. The molecule has 31 heavy (non-hydrogen) atoms. The standard InChI is InChI=1S/C23H21N5O2S/c29-21(25-13-22-27-19(14-31-22)15-9-11-24-12-10-15)8-7-20-26-18-4-2-1-3-17(18)23(30)28(20)16-5-6-16/h1-4,9-12,14,16H,5-8,13H2,(H,25,29). The summed E-state index contributed by atoms with van der Waals surface area (Å²) in [4.78, 5) is 38.7. The Balaban J connectivity index is 1.24. The normalized spacial score (nSPS) is 13.4. The number of thiazole rings is 1. The first-order valence-electron chi connectivity index (χ1n) is 10.3. The molecule has 0 aliphatic heterocycles. The summed E-state index contributed by atoms with van der Waals surface area (Å²) in [5.41, 5.74) is 2.57. The van der Waals surface area contributed by atoms with E-state index in [0.29, 0.717) is 29.7 Å². The number of amides is 1. The lowest BCUT2D eigenvalue weighted by Crippen LogP contribution is -2.27. The second-order valence-electron chi connectivity index (χ2n) is 7.59. The number of nitrogens with zero attached hydrogens (tertiary/aromatic N) is 4. The first-order valence-corrected chi connectivity index (χ1v) is 11.2. The highest BCUT2D eigenvalue weighted by Crippen LogP contribution is 2.34. The zero-order valence-corrected chi connectivity index (χ0v) is 17.6. The zero-order chi connectivity index (χ0) is 21.2. The van der Waals surface area contributed by atoms with Crippen molar-refractivity contribution in [2.24, 2.45) is 0 Å². The highest BCUT2D eigenvalue weighted by Gasteiger charge is 2.28. The fourth-order valence-corrected chi connectivity index (χ4v) is 4.36. The first-order chi connectivity index (χ1) is 15.2. The van der Waals surface area contributed by atoms with Crippen molar-refractivity contribution in [1.82, 2.24) is 24.8 Å². The molecule has 156 valence electrons. The molecule has 0 radical (unpaired) electrons. The molecule has 0 saturated heterocycles. The van der Waals surface area contributed by atoms with Crippen molar-refractivity contribution in [3.8, 4) is 11.3 Å². The van der Waals surface area contributed by atoms with Gasteiger partial charge in [0, 0.05) is 42.2 Å². The Kier molecular flexibility index (Phi) is 5.30. The smallest absolute Gasteiger partial charge is 0.261 e. The van der Waals surface area contributed by atoms with E-state index in [1.807, 2.05) is 41.8 Å². The third-order valence-electron chi connectivity index (χ3n) is 5.33. The molecule has 5 rings (SSSR count). The van der Waals surface area contributed by atoms with E-state index in [9.17, 15) is 9.59 Å². The van der Waals surface area contributed by atoms with Crippen LogP contribution in [0.1, 0.15) is 36.1 Å². The van der Waals surface area contributed by atoms with E-state index in [0.717, 1.165) is 29.1 Å². The van der Waals surface area contributed by atoms with Crippen molar-refractivity contribution in [2.75, 3.05) is 0 Å². The fourth-order valence-electron chi connectivity index (χ4n) is 3.61. The summed E-state index contributed by atoms with van der Waals surface area (Å²) in [6, 6.07) is 11.4. The molecule has 4 aromatic rings. The number of carbonyl (C=O) groups excluding carboxylic acids is 1. The van der Waals surface area contributed by atoms with Gasteiger partial charge in [-0.15, -0.1) is 11.3 Å². The van der Waals surface area contributed by atoms with Crippen molar-refractivity contribution in [2.45, 2.75) is 38.3 Å². The van der Waals surface area contributed by atoms with E-state index >= 15 is 0 Å². The SMILES string of the molecule is O=C(CCc1nc2ccccc2c(=O)n1C1CC1)NCc1nc(-c2ccncc2)cs1. The van der Waals surface area contributed by atoms with Gasteiger partial charge in [0.2, 0.25) is 5.91 Å². The minimum absolute atomic E-state index is 0.00469. The number of benzene rings is 1. The van der Waals surface area contributed by atoms with Crippen LogP contribution in [-0.2, 0) is 17.8 Å². The van der Waals surface area contributed by atoms with E-state index < -0.39 is 0 Å². The fraction of sp³-hybridized carbons (Fsp3) is 0.261. The predicted molar refractivity (Wildman–Crippen MR) is 120 cm³/mol. The van der Waals surface area contributed by atoms with Crippen molar-refractivity contribution in [3.05, 3.63) is 75.4 Å². The molecule has 1 N–H and O–H groups in total. The maximum Gasteiger partial charge on any atom is 0.261 e. The van der Waals surface area contributed by atoms with Crippen LogP contribution in [-0.4, -0.2) is 25.4 Å². The number of carbonyl (C=O) groups is 1. The Morgan fingerprint density at radius 1 is 1.13 bits per heavy atom. The number of aryl methyl sites for hydroxylation is 1. The van der Waals surface area contributed by atoms with Crippen molar-refractivity contribution in [1.29, 1.82) is 0 Å². The topological polar surface area (TPSA) is 89.8 Å². The maximum atomic E-state index is 12.9. The van der Waals surface area contributed by atoms with Crippen LogP contribution in [0.25, 0.3) is 22.2 Å². The molecule has 1 amide bonds. The quantitative estimate of drug-likeness (QED) is 0.484. The van der Waals surface area contributed by atoms with E-state index in [2.05, 4.69) is 15.3 Å². The zero-order valence-electron chi connectivity index (χ0n) is 16.8. The van der Waals surface area contributed by atoms with Gasteiger partial charge in [0.1, 0.15) is 10.8 Å². The lowest BCUT2D eigenvalue weighted by atomic mass is 10.2. The first kappa shape index (κ1) is 19.6. The number of rotatable bonds is 7. The molecular weight excluding hydrogens is 410 g/mol. The molecule has 0 atom stereocenters. The molecule has 7 nitrogen and oxygen atoms in total. The highest BCUT2D eigenvalue weighted by molar-refractivity contribution is 7.09. The molecule has 1 fully saturated rings. The van der Waals surface area contributed by atoms with Crippen LogP contribution in [0.3, 0.4) is 0 Å². The molecule has 1 saturated carbocycles. The van der Waals surface area contributed by atoms with Gasteiger partial charge in [-0.3, -0.25) is 19.1 Å². The second-order valence-corrected chi connectivity index (χ2v) is 8.53. The third-order valence-corrected chi connectivity index (χ3v) is 6.18. The minimum atomic E-state index is -0.0783. The van der Waals surface area contributed by atoms with Gasteiger partial charge in [-0.1, -0.05) is 12.1 Å². The second kappa shape index (κ2) is 8.39. The van der Waals surface area contributed by atoms with Crippen LogP contribution in [0.15, 0.2) is 59.0 Å². The maximum absolute atomic E-state index is 12.9. The van der Waals surface area contributed by atoms with Gasteiger partial charge in [-0.05, 0) is 37.1 Å².